The highest BCUT2D eigenvalue weighted by Gasteiger charge is 2.18. The highest BCUT2D eigenvalue weighted by molar-refractivity contribution is 6.32. The number of amides is 1. The number of benzene rings is 1. The number of hydrogen-bond acceptors (Lipinski definition) is 4. The van der Waals surface area contributed by atoms with E-state index in [0.29, 0.717) is 35.3 Å². The summed E-state index contributed by atoms with van der Waals surface area (Å²) in [7, 11) is 2.95. The molecule has 1 aromatic carbocycles. The summed E-state index contributed by atoms with van der Waals surface area (Å²) in [4.78, 5) is 17.0. The van der Waals surface area contributed by atoms with Crippen LogP contribution in [0.4, 0.5) is 0 Å². The molecule has 0 spiro atoms. The second-order valence-electron chi connectivity index (χ2n) is 4.41. The Hall–Kier alpha value is -1.46. The monoisotopic (exact) mass is 315 g/mol. The average Bonchev–Trinajstić information content (AvgIpc) is 2.48. The number of nitrogens with zero attached hydrogens (tertiary/aromatic N) is 1. The van der Waals surface area contributed by atoms with E-state index in [9.17, 15) is 4.79 Å². The maximum absolute atomic E-state index is 12.1. The smallest absolute Gasteiger partial charge is 0.277 e. The highest BCUT2D eigenvalue weighted by Crippen LogP contribution is 2.37. The average molecular weight is 316 g/mol. The van der Waals surface area contributed by atoms with E-state index in [0.717, 1.165) is 17.9 Å². The molecular weight excluding hydrogens is 294 g/mol. The van der Waals surface area contributed by atoms with E-state index >= 15 is 0 Å². The van der Waals surface area contributed by atoms with Gasteiger partial charge in [-0.2, -0.15) is 0 Å². The number of carbonyl (C=O) groups is 1. The van der Waals surface area contributed by atoms with Gasteiger partial charge in [0.1, 0.15) is 0 Å². The Balaban J connectivity index is 3.08. The summed E-state index contributed by atoms with van der Waals surface area (Å²) in [5.74, 6) is 0.637. The number of halogens is 1. The van der Waals surface area contributed by atoms with Crippen molar-refractivity contribution in [2.24, 2.45) is 0 Å². The van der Waals surface area contributed by atoms with E-state index in [4.69, 9.17) is 25.9 Å². The second kappa shape index (κ2) is 8.74. The molecule has 0 saturated carbocycles. The molecule has 0 unspecified atom stereocenters. The molecule has 0 fully saturated rings. The standard InChI is InChI=1S/C15H22ClNO4/c1-5-7-8-21-14-12(16)9-11(10-13(14)20-6-2)15(18)17(3)19-4/h9-10H,5-8H2,1-4H3. The lowest BCUT2D eigenvalue weighted by Gasteiger charge is -2.17. The molecule has 0 aliphatic heterocycles. The Bertz CT molecular complexity index is 479. The van der Waals surface area contributed by atoms with Crippen molar-refractivity contribution in [3.63, 3.8) is 0 Å². The zero-order valence-corrected chi connectivity index (χ0v) is 13.7. The number of hydroxylamine groups is 2. The Labute approximate surface area is 130 Å². The first-order valence-electron chi connectivity index (χ1n) is 6.96. The minimum Gasteiger partial charge on any atom is -0.490 e. The van der Waals surface area contributed by atoms with Crippen molar-refractivity contribution in [1.82, 2.24) is 5.06 Å². The first-order valence-corrected chi connectivity index (χ1v) is 7.34. The molecule has 21 heavy (non-hydrogen) atoms. The van der Waals surface area contributed by atoms with Crippen molar-refractivity contribution in [2.75, 3.05) is 27.4 Å². The zero-order valence-electron chi connectivity index (χ0n) is 12.9. The Morgan fingerprint density at radius 2 is 2.00 bits per heavy atom. The van der Waals surface area contributed by atoms with Gasteiger partial charge in [-0.3, -0.25) is 9.63 Å². The molecule has 0 saturated heterocycles. The predicted octanol–water partition coefficient (Wildman–Crippen LogP) is 3.55. The third-order valence-corrected chi connectivity index (χ3v) is 3.14. The van der Waals surface area contributed by atoms with Crippen molar-refractivity contribution >= 4 is 17.5 Å². The SMILES string of the molecule is CCCCOc1c(Cl)cc(C(=O)N(C)OC)cc1OCC. The van der Waals surface area contributed by atoms with Crippen molar-refractivity contribution < 1.29 is 19.1 Å². The van der Waals surface area contributed by atoms with E-state index < -0.39 is 0 Å². The lowest BCUT2D eigenvalue weighted by atomic mass is 10.2. The van der Waals surface area contributed by atoms with Crippen LogP contribution in [-0.2, 0) is 4.84 Å². The first kappa shape index (κ1) is 17.6. The molecule has 0 aliphatic carbocycles. The number of unbranched alkanes of at least 4 members (excludes halogenated alkanes) is 1. The molecule has 0 aromatic heterocycles. The number of carbonyl (C=O) groups excluding carboxylic acids is 1. The van der Waals surface area contributed by atoms with Crippen LogP contribution in [0.15, 0.2) is 12.1 Å². The van der Waals surface area contributed by atoms with Crippen LogP contribution in [-0.4, -0.2) is 38.3 Å². The summed E-state index contributed by atoms with van der Waals surface area (Å²) in [6.45, 7) is 4.95. The normalized spacial score (nSPS) is 10.3. The van der Waals surface area contributed by atoms with Crippen LogP contribution >= 0.6 is 11.6 Å². The Morgan fingerprint density at radius 3 is 2.57 bits per heavy atom. The molecule has 0 bridgehead atoms. The van der Waals surface area contributed by atoms with Crippen molar-refractivity contribution in [3.8, 4) is 11.5 Å². The topological polar surface area (TPSA) is 48.0 Å². The summed E-state index contributed by atoms with van der Waals surface area (Å²) < 4.78 is 11.2. The molecule has 1 amide bonds. The number of rotatable bonds is 8. The molecule has 1 rings (SSSR count). The number of ether oxygens (including phenoxy) is 2. The van der Waals surface area contributed by atoms with Crippen molar-refractivity contribution in [1.29, 1.82) is 0 Å². The van der Waals surface area contributed by atoms with Gasteiger partial charge in [-0.15, -0.1) is 0 Å². The van der Waals surface area contributed by atoms with E-state index in [1.165, 1.54) is 14.2 Å². The van der Waals surface area contributed by atoms with Crippen LogP contribution in [0.2, 0.25) is 5.02 Å². The van der Waals surface area contributed by atoms with Crippen LogP contribution in [0, 0.1) is 0 Å². The molecule has 0 N–H and O–H groups in total. The Kier molecular flexibility index (Phi) is 7.32. The van der Waals surface area contributed by atoms with Gasteiger partial charge in [0.2, 0.25) is 0 Å². The van der Waals surface area contributed by atoms with Crippen LogP contribution in [0.3, 0.4) is 0 Å². The maximum atomic E-state index is 12.1. The second-order valence-corrected chi connectivity index (χ2v) is 4.81. The third-order valence-electron chi connectivity index (χ3n) is 2.86. The minimum absolute atomic E-state index is 0.305. The molecule has 1 aromatic rings. The largest absolute Gasteiger partial charge is 0.490 e. The van der Waals surface area contributed by atoms with Crippen LogP contribution < -0.4 is 9.47 Å². The third kappa shape index (κ3) is 4.79. The van der Waals surface area contributed by atoms with Gasteiger partial charge in [0.25, 0.3) is 5.91 Å². The molecule has 0 radical (unpaired) electrons. The zero-order chi connectivity index (χ0) is 15.8. The van der Waals surface area contributed by atoms with Gasteiger partial charge in [-0.05, 0) is 25.5 Å². The molecular formula is C15H22ClNO4. The van der Waals surface area contributed by atoms with E-state index in [1.807, 2.05) is 6.92 Å². The lowest BCUT2D eigenvalue weighted by Crippen LogP contribution is -2.25. The summed E-state index contributed by atoms with van der Waals surface area (Å²) in [5, 5.41) is 1.48. The van der Waals surface area contributed by atoms with E-state index in [1.54, 1.807) is 12.1 Å². The minimum atomic E-state index is -0.305. The lowest BCUT2D eigenvalue weighted by molar-refractivity contribution is -0.0757. The molecule has 0 aliphatic rings. The van der Waals surface area contributed by atoms with E-state index in [2.05, 4.69) is 6.92 Å². The van der Waals surface area contributed by atoms with E-state index in [-0.39, 0.29) is 5.91 Å². The van der Waals surface area contributed by atoms with Crippen LogP contribution in [0.25, 0.3) is 0 Å². The fourth-order valence-corrected chi connectivity index (χ4v) is 1.94. The highest BCUT2D eigenvalue weighted by atomic mass is 35.5. The maximum Gasteiger partial charge on any atom is 0.277 e. The van der Waals surface area contributed by atoms with Crippen LogP contribution in [0.1, 0.15) is 37.0 Å². The molecule has 5 nitrogen and oxygen atoms in total. The summed E-state index contributed by atoms with van der Waals surface area (Å²) in [6, 6.07) is 3.18. The summed E-state index contributed by atoms with van der Waals surface area (Å²) >= 11 is 6.22. The molecule has 0 heterocycles. The van der Waals surface area contributed by atoms with Gasteiger partial charge in [0, 0.05) is 12.6 Å². The summed E-state index contributed by atoms with van der Waals surface area (Å²) in [6.07, 6.45) is 1.95. The Morgan fingerprint density at radius 1 is 1.29 bits per heavy atom. The quantitative estimate of drug-likeness (QED) is 0.543. The molecule has 0 atom stereocenters. The molecule has 118 valence electrons. The molecule has 6 heteroatoms. The predicted molar refractivity (Wildman–Crippen MR) is 82.1 cm³/mol. The van der Waals surface area contributed by atoms with Crippen molar-refractivity contribution in [3.05, 3.63) is 22.7 Å². The van der Waals surface area contributed by atoms with Crippen LogP contribution in [0.5, 0.6) is 11.5 Å². The van der Waals surface area contributed by atoms with Gasteiger partial charge in [0.05, 0.1) is 25.3 Å². The van der Waals surface area contributed by atoms with Gasteiger partial charge in [-0.25, -0.2) is 5.06 Å². The van der Waals surface area contributed by atoms with Gasteiger partial charge in [0.15, 0.2) is 11.5 Å². The van der Waals surface area contributed by atoms with Gasteiger partial charge < -0.3 is 9.47 Å². The number of hydrogen-bond donors (Lipinski definition) is 0. The first-order chi connectivity index (χ1) is 10.0. The summed E-state index contributed by atoms with van der Waals surface area (Å²) in [5.41, 5.74) is 0.385. The van der Waals surface area contributed by atoms with Crippen molar-refractivity contribution in [2.45, 2.75) is 26.7 Å². The fourth-order valence-electron chi connectivity index (χ4n) is 1.68. The fraction of sp³-hybridized carbons (Fsp3) is 0.533. The van der Waals surface area contributed by atoms with Gasteiger partial charge >= 0.3 is 0 Å². The van der Waals surface area contributed by atoms with Gasteiger partial charge in [-0.1, -0.05) is 24.9 Å².